The lowest BCUT2D eigenvalue weighted by atomic mass is 10.1. The first kappa shape index (κ1) is 14.9. The fourth-order valence-corrected chi connectivity index (χ4v) is 2.29. The minimum absolute atomic E-state index is 0. The van der Waals surface area contributed by atoms with Crippen molar-refractivity contribution in [2.75, 3.05) is 13.1 Å². The molecule has 5 nitrogen and oxygen atoms in total. The van der Waals surface area contributed by atoms with Gasteiger partial charge in [0.05, 0.1) is 4.92 Å². The van der Waals surface area contributed by atoms with Crippen LogP contribution in [0.25, 0.3) is 0 Å². The van der Waals surface area contributed by atoms with Crippen LogP contribution in [0.4, 0.5) is 5.69 Å². The van der Waals surface area contributed by atoms with E-state index in [0.29, 0.717) is 0 Å². The van der Waals surface area contributed by atoms with Crippen molar-refractivity contribution in [3.63, 3.8) is 0 Å². The Morgan fingerprint density at radius 3 is 2.83 bits per heavy atom. The highest BCUT2D eigenvalue weighted by Gasteiger charge is 2.21. The number of hydrogen-bond donors (Lipinski definition) is 1. The van der Waals surface area contributed by atoms with Crippen LogP contribution in [-0.2, 0) is 6.54 Å². The first-order valence-electron chi connectivity index (χ1n) is 5.78. The number of hydrogen-bond acceptors (Lipinski definition) is 4. The van der Waals surface area contributed by atoms with E-state index in [1.165, 1.54) is 0 Å². The van der Waals surface area contributed by atoms with Gasteiger partial charge in [-0.15, -0.1) is 12.4 Å². The molecule has 6 heteroatoms. The maximum absolute atomic E-state index is 10.8. The molecule has 100 valence electrons. The molecule has 0 bridgehead atoms. The Bertz CT molecular complexity index is 439. The summed E-state index contributed by atoms with van der Waals surface area (Å²) in [6.07, 6.45) is 1.01. The molecule has 0 amide bonds. The molecular formula is C12H18ClN3O2. The molecule has 1 aromatic rings. The zero-order valence-corrected chi connectivity index (χ0v) is 11.2. The van der Waals surface area contributed by atoms with Crippen LogP contribution in [0.5, 0.6) is 0 Å². The molecule has 1 heterocycles. The van der Waals surface area contributed by atoms with Gasteiger partial charge in [0.15, 0.2) is 0 Å². The molecule has 18 heavy (non-hydrogen) atoms. The summed E-state index contributed by atoms with van der Waals surface area (Å²) in [6, 6.07) is 5.49. The number of nitrogens with two attached hydrogens (primary N) is 1. The minimum Gasteiger partial charge on any atom is -0.326 e. The van der Waals surface area contributed by atoms with E-state index in [1.54, 1.807) is 12.1 Å². The van der Waals surface area contributed by atoms with Gasteiger partial charge in [-0.05, 0) is 18.9 Å². The van der Waals surface area contributed by atoms with Gasteiger partial charge in [0.25, 0.3) is 5.69 Å². The van der Waals surface area contributed by atoms with Gasteiger partial charge in [-0.1, -0.05) is 12.1 Å². The fourth-order valence-electron chi connectivity index (χ4n) is 2.29. The molecule has 1 fully saturated rings. The third-order valence-electron chi connectivity index (χ3n) is 3.32. The summed E-state index contributed by atoms with van der Waals surface area (Å²) in [5.74, 6) is 0. The Kier molecular flexibility index (Phi) is 5.07. The summed E-state index contributed by atoms with van der Waals surface area (Å²) in [6.45, 7) is 4.41. The molecule has 1 unspecified atom stereocenters. The molecule has 1 saturated heterocycles. The van der Waals surface area contributed by atoms with E-state index in [4.69, 9.17) is 5.73 Å². The van der Waals surface area contributed by atoms with Crippen molar-refractivity contribution in [1.29, 1.82) is 0 Å². The Labute approximate surface area is 113 Å². The largest absolute Gasteiger partial charge is 0.326 e. The van der Waals surface area contributed by atoms with Crippen LogP contribution in [0, 0.1) is 17.0 Å². The highest BCUT2D eigenvalue weighted by atomic mass is 35.5. The van der Waals surface area contributed by atoms with E-state index in [9.17, 15) is 10.1 Å². The maximum atomic E-state index is 10.8. The molecule has 2 N–H and O–H groups in total. The summed E-state index contributed by atoms with van der Waals surface area (Å²) >= 11 is 0. The van der Waals surface area contributed by atoms with Crippen molar-refractivity contribution >= 4 is 18.1 Å². The summed E-state index contributed by atoms with van der Waals surface area (Å²) < 4.78 is 0. The molecule has 2 rings (SSSR count). The van der Waals surface area contributed by atoms with E-state index >= 15 is 0 Å². The molecule has 1 atom stereocenters. The molecule has 0 spiro atoms. The average Bonchev–Trinajstić information content (AvgIpc) is 2.67. The molecule has 0 saturated carbocycles. The van der Waals surface area contributed by atoms with Crippen LogP contribution in [0.1, 0.15) is 17.5 Å². The summed E-state index contributed by atoms with van der Waals surface area (Å²) in [5, 5.41) is 10.8. The lowest BCUT2D eigenvalue weighted by Gasteiger charge is -2.16. The van der Waals surface area contributed by atoms with Crippen LogP contribution in [0.2, 0.25) is 0 Å². The standard InChI is InChI=1S/C12H17N3O2.ClH/c1-9-10(3-2-4-12(9)15(16)17)7-14-6-5-11(13)8-14;/h2-4,11H,5-8,13H2,1H3;1H. The maximum Gasteiger partial charge on any atom is 0.272 e. The molecule has 0 aliphatic carbocycles. The first-order valence-corrected chi connectivity index (χ1v) is 5.78. The monoisotopic (exact) mass is 271 g/mol. The normalized spacial score (nSPS) is 19.6. The Hall–Kier alpha value is -1.17. The topological polar surface area (TPSA) is 72.4 Å². The minimum atomic E-state index is -0.325. The van der Waals surface area contributed by atoms with Crippen LogP contribution >= 0.6 is 12.4 Å². The Balaban J connectivity index is 0.00000162. The number of benzene rings is 1. The van der Waals surface area contributed by atoms with Gasteiger partial charge >= 0.3 is 0 Å². The number of nitro benzene ring substituents is 1. The number of likely N-dealkylation sites (tertiary alicyclic amines) is 1. The van der Waals surface area contributed by atoms with E-state index in [-0.39, 0.29) is 29.1 Å². The van der Waals surface area contributed by atoms with E-state index in [0.717, 1.165) is 37.2 Å². The molecule has 1 aromatic carbocycles. The predicted octanol–water partition coefficient (Wildman–Crippen LogP) is 1.86. The van der Waals surface area contributed by atoms with Gasteiger partial charge in [0, 0.05) is 37.3 Å². The van der Waals surface area contributed by atoms with Gasteiger partial charge in [0.1, 0.15) is 0 Å². The van der Waals surface area contributed by atoms with E-state index < -0.39 is 0 Å². The number of nitrogens with zero attached hydrogens (tertiary/aromatic N) is 2. The second kappa shape index (κ2) is 6.13. The zero-order valence-electron chi connectivity index (χ0n) is 10.3. The van der Waals surface area contributed by atoms with Crippen LogP contribution in [0.15, 0.2) is 18.2 Å². The second-order valence-corrected chi connectivity index (χ2v) is 4.60. The van der Waals surface area contributed by atoms with Gasteiger partial charge in [-0.2, -0.15) is 0 Å². The Morgan fingerprint density at radius 2 is 2.28 bits per heavy atom. The van der Waals surface area contributed by atoms with Crippen LogP contribution < -0.4 is 5.73 Å². The number of rotatable bonds is 3. The third-order valence-corrected chi connectivity index (χ3v) is 3.32. The third kappa shape index (κ3) is 3.19. The van der Waals surface area contributed by atoms with Crippen LogP contribution in [-0.4, -0.2) is 29.0 Å². The SMILES string of the molecule is Cc1c(CN2CCC(N)C2)cccc1[N+](=O)[O-].Cl. The fraction of sp³-hybridized carbons (Fsp3) is 0.500. The van der Waals surface area contributed by atoms with Crippen LogP contribution in [0.3, 0.4) is 0 Å². The van der Waals surface area contributed by atoms with Gasteiger partial charge < -0.3 is 5.73 Å². The number of nitro groups is 1. The van der Waals surface area contributed by atoms with Gasteiger partial charge in [-0.25, -0.2) is 0 Å². The lowest BCUT2D eigenvalue weighted by Crippen LogP contribution is -2.26. The molecule has 0 radical (unpaired) electrons. The van der Waals surface area contributed by atoms with Crippen molar-refractivity contribution < 1.29 is 4.92 Å². The molecule has 0 aromatic heterocycles. The second-order valence-electron chi connectivity index (χ2n) is 4.60. The van der Waals surface area contributed by atoms with E-state index in [1.807, 2.05) is 13.0 Å². The average molecular weight is 272 g/mol. The predicted molar refractivity (Wildman–Crippen MR) is 73.0 cm³/mol. The molecule has 1 aliphatic heterocycles. The van der Waals surface area contributed by atoms with Gasteiger partial charge in [0.2, 0.25) is 0 Å². The highest BCUT2D eigenvalue weighted by Crippen LogP contribution is 2.23. The van der Waals surface area contributed by atoms with Gasteiger partial charge in [-0.3, -0.25) is 15.0 Å². The summed E-state index contributed by atoms with van der Waals surface area (Å²) in [7, 11) is 0. The lowest BCUT2D eigenvalue weighted by molar-refractivity contribution is -0.385. The van der Waals surface area contributed by atoms with Crippen molar-refractivity contribution in [3.05, 3.63) is 39.4 Å². The van der Waals surface area contributed by atoms with E-state index in [2.05, 4.69) is 4.90 Å². The summed E-state index contributed by atoms with van der Waals surface area (Å²) in [5.41, 5.74) is 7.83. The highest BCUT2D eigenvalue weighted by molar-refractivity contribution is 5.85. The number of halogens is 1. The quantitative estimate of drug-likeness (QED) is 0.673. The molecule has 1 aliphatic rings. The first-order chi connectivity index (χ1) is 8.08. The van der Waals surface area contributed by atoms with Crippen molar-refractivity contribution in [1.82, 2.24) is 4.90 Å². The summed E-state index contributed by atoms with van der Waals surface area (Å²) in [4.78, 5) is 12.8. The Morgan fingerprint density at radius 1 is 1.56 bits per heavy atom. The zero-order chi connectivity index (χ0) is 12.4. The molecular weight excluding hydrogens is 254 g/mol. The van der Waals surface area contributed by atoms with Crippen molar-refractivity contribution in [2.24, 2.45) is 5.73 Å². The van der Waals surface area contributed by atoms with Crippen molar-refractivity contribution in [2.45, 2.75) is 25.9 Å². The van der Waals surface area contributed by atoms with Crippen molar-refractivity contribution in [3.8, 4) is 0 Å². The smallest absolute Gasteiger partial charge is 0.272 e.